The van der Waals surface area contributed by atoms with Crippen LogP contribution in [0.4, 0.5) is 0 Å². The number of hydrogen-bond acceptors (Lipinski definition) is 2. The van der Waals surface area contributed by atoms with Gasteiger partial charge in [-0.15, -0.1) is 0 Å². The number of para-hydroxylation sites is 1. The number of hydrogen-bond donors (Lipinski definition) is 1. The van der Waals surface area contributed by atoms with Gasteiger partial charge in [0.25, 0.3) is 0 Å². The van der Waals surface area contributed by atoms with E-state index >= 15 is 0 Å². The van der Waals surface area contributed by atoms with Crippen LogP contribution in [0.3, 0.4) is 0 Å². The number of methoxy groups -OCH3 is 1. The van der Waals surface area contributed by atoms with Gasteiger partial charge >= 0.3 is 0 Å². The van der Waals surface area contributed by atoms with Gasteiger partial charge in [0, 0.05) is 12.0 Å². The van der Waals surface area contributed by atoms with Crippen LogP contribution >= 0.6 is 23.2 Å². The molecule has 0 aliphatic heterocycles. The Balaban J connectivity index is 2.38. The second kappa shape index (κ2) is 6.04. The molecule has 1 unspecified atom stereocenters. The molecular weight excluding hydrogens is 295 g/mol. The van der Waals surface area contributed by atoms with Crippen LogP contribution < -0.4 is 4.74 Å². The van der Waals surface area contributed by atoms with Crippen molar-refractivity contribution in [2.75, 3.05) is 7.11 Å². The van der Waals surface area contributed by atoms with Crippen LogP contribution in [-0.4, -0.2) is 12.2 Å². The Labute approximate surface area is 128 Å². The molecule has 0 amide bonds. The lowest BCUT2D eigenvalue weighted by atomic mass is 9.88. The zero-order valence-electron chi connectivity index (χ0n) is 11.4. The fraction of sp³-hybridized carbons (Fsp3) is 0.250. The van der Waals surface area contributed by atoms with Crippen molar-refractivity contribution in [3.63, 3.8) is 0 Å². The summed E-state index contributed by atoms with van der Waals surface area (Å²) in [6.07, 6.45) is 0.354. The lowest BCUT2D eigenvalue weighted by molar-refractivity contribution is 0.0550. The predicted octanol–water partition coefficient (Wildman–Crippen LogP) is 4.45. The zero-order valence-corrected chi connectivity index (χ0v) is 12.9. The summed E-state index contributed by atoms with van der Waals surface area (Å²) < 4.78 is 5.30. The molecule has 0 spiro atoms. The molecule has 0 heterocycles. The summed E-state index contributed by atoms with van der Waals surface area (Å²) in [5.74, 6) is 0.649. The fourth-order valence-corrected chi connectivity index (χ4v) is 2.63. The summed E-state index contributed by atoms with van der Waals surface area (Å²) >= 11 is 12.2. The molecule has 1 N–H and O–H groups in total. The van der Waals surface area contributed by atoms with Gasteiger partial charge < -0.3 is 9.84 Å². The Hall–Kier alpha value is -1.22. The lowest BCUT2D eigenvalue weighted by Crippen LogP contribution is -2.25. The van der Waals surface area contributed by atoms with Crippen molar-refractivity contribution < 1.29 is 9.84 Å². The van der Waals surface area contributed by atoms with Gasteiger partial charge in [-0.3, -0.25) is 0 Å². The Bertz CT molecular complexity index is 609. The van der Waals surface area contributed by atoms with E-state index in [-0.39, 0.29) is 0 Å². The van der Waals surface area contributed by atoms with Crippen LogP contribution in [0.2, 0.25) is 10.0 Å². The molecule has 2 nitrogen and oxygen atoms in total. The first kappa shape index (κ1) is 15.2. The van der Waals surface area contributed by atoms with E-state index in [9.17, 15) is 5.11 Å². The summed E-state index contributed by atoms with van der Waals surface area (Å²) in [5, 5.41) is 11.7. The van der Waals surface area contributed by atoms with Crippen LogP contribution in [0.15, 0.2) is 42.5 Å². The molecule has 0 aromatic heterocycles. The Morgan fingerprint density at radius 3 is 2.50 bits per heavy atom. The molecular formula is C16H16Cl2O2. The van der Waals surface area contributed by atoms with Gasteiger partial charge in [-0.2, -0.15) is 0 Å². The van der Waals surface area contributed by atoms with Gasteiger partial charge in [0.2, 0.25) is 0 Å². The minimum Gasteiger partial charge on any atom is -0.496 e. The maximum absolute atomic E-state index is 10.8. The molecule has 0 radical (unpaired) electrons. The number of rotatable bonds is 4. The van der Waals surface area contributed by atoms with E-state index in [2.05, 4.69) is 0 Å². The summed E-state index contributed by atoms with van der Waals surface area (Å²) in [6, 6.07) is 12.8. The maximum Gasteiger partial charge on any atom is 0.124 e. The first-order chi connectivity index (χ1) is 9.45. The monoisotopic (exact) mass is 310 g/mol. The quantitative estimate of drug-likeness (QED) is 0.904. The first-order valence-electron chi connectivity index (χ1n) is 6.24. The second-order valence-corrected chi connectivity index (χ2v) is 5.65. The van der Waals surface area contributed by atoms with Gasteiger partial charge in [0.15, 0.2) is 0 Å². The van der Waals surface area contributed by atoms with E-state index in [4.69, 9.17) is 27.9 Å². The zero-order chi connectivity index (χ0) is 14.8. The molecule has 4 heteroatoms. The smallest absolute Gasteiger partial charge is 0.124 e. The second-order valence-electron chi connectivity index (χ2n) is 4.86. The van der Waals surface area contributed by atoms with Crippen LogP contribution in [-0.2, 0) is 12.0 Å². The molecule has 2 aromatic rings. The average molecular weight is 311 g/mol. The van der Waals surface area contributed by atoms with Crippen molar-refractivity contribution in [3.05, 3.63) is 63.6 Å². The number of halogens is 2. The highest BCUT2D eigenvalue weighted by atomic mass is 35.5. The van der Waals surface area contributed by atoms with Crippen LogP contribution in [0.1, 0.15) is 18.1 Å². The minimum absolute atomic E-state index is 0.354. The van der Waals surface area contributed by atoms with E-state index in [0.29, 0.717) is 22.2 Å². The van der Waals surface area contributed by atoms with E-state index in [1.807, 2.05) is 36.4 Å². The van der Waals surface area contributed by atoms with E-state index < -0.39 is 5.60 Å². The SMILES string of the molecule is COc1ccccc1C(C)(O)Cc1cccc(Cl)c1Cl. The van der Waals surface area contributed by atoms with Crippen LogP contribution in [0.25, 0.3) is 0 Å². The molecule has 106 valence electrons. The third kappa shape index (κ3) is 3.09. The highest BCUT2D eigenvalue weighted by molar-refractivity contribution is 6.42. The van der Waals surface area contributed by atoms with Crippen LogP contribution in [0, 0.1) is 0 Å². The first-order valence-corrected chi connectivity index (χ1v) is 7.00. The summed E-state index contributed by atoms with van der Waals surface area (Å²) in [4.78, 5) is 0. The summed E-state index contributed by atoms with van der Waals surface area (Å²) in [5.41, 5.74) is 0.426. The normalized spacial score (nSPS) is 13.8. The average Bonchev–Trinajstić information content (AvgIpc) is 2.43. The molecule has 2 aromatic carbocycles. The van der Waals surface area contributed by atoms with Crippen molar-refractivity contribution in [2.45, 2.75) is 18.9 Å². The van der Waals surface area contributed by atoms with Gasteiger partial charge in [0.1, 0.15) is 5.75 Å². The molecule has 0 fully saturated rings. The molecule has 0 saturated carbocycles. The summed E-state index contributed by atoms with van der Waals surface area (Å²) in [6.45, 7) is 1.74. The topological polar surface area (TPSA) is 29.5 Å². The Kier molecular flexibility index (Phi) is 4.59. The van der Waals surface area contributed by atoms with Crippen molar-refractivity contribution in [2.24, 2.45) is 0 Å². The standard InChI is InChI=1S/C16H16Cl2O2/c1-16(19,12-7-3-4-9-14(12)20-2)10-11-6-5-8-13(17)15(11)18/h3-9,19H,10H2,1-2H3. The third-order valence-electron chi connectivity index (χ3n) is 3.25. The van der Waals surface area contributed by atoms with E-state index in [0.717, 1.165) is 11.1 Å². The van der Waals surface area contributed by atoms with Crippen molar-refractivity contribution >= 4 is 23.2 Å². The van der Waals surface area contributed by atoms with Crippen molar-refractivity contribution in [1.29, 1.82) is 0 Å². The minimum atomic E-state index is -1.10. The molecule has 0 aliphatic rings. The largest absolute Gasteiger partial charge is 0.496 e. The van der Waals surface area contributed by atoms with Gasteiger partial charge in [-0.1, -0.05) is 53.5 Å². The molecule has 0 bridgehead atoms. The van der Waals surface area contributed by atoms with E-state index in [1.54, 1.807) is 20.1 Å². The lowest BCUT2D eigenvalue weighted by Gasteiger charge is -2.26. The maximum atomic E-state index is 10.8. The molecule has 0 saturated heterocycles. The predicted molar refractivity (Wildman–Crippen MR) is 82.7 cm³/mol. The number of ether oxygens (including phenoxy) is 1. The molecule has 0 aliphatic carbocycles. The number of benzene rings is 2. The van der Waals surface area contributed by atoms with Crippen LogP contribution in [0.5, 0.6) is 5.75 Å². The molecule has 2 rings (SSSR count). The Morgan fingerprint density at radius 2 is 1.80 bits per heavy atom. The van der Waals surface area contributed by atoms with E-state index in [1.165, 1.54) is 0 Å². The molecule has 1 atom stereocenters. The van der Waals surface area contributed by atoms with Gasteiger partial charge in [-0.05, 0) is 24.6 Å². The summed E-state index contributed by atoms with van der Waals surface area (Å²) in [7, 11) is 1.58. The molecule has 20 heavy (non-hydrogen) atoms. The van der Waals surface area contributed by atoms with Gasteiger partial charge in [0.05, 0.1) is 22.8 Å². The Morgan fingerprint density at radius 1 is 1.10 bits per heavy atom. The third-order valence-corrected chi connectivity index (χ3v) is 4.11. The highest BCUT2D eigenvalue weighted by Gasteiger charge is 2.28. The van der Waals surface area contributed by atoms with Crippen molar-refractivity contribution in [1.82, 2.24) is 0 Å². The highest BCUT2D eigenvalue weighted by Crippen LogP contribution is 2.35. The van der Waals surface area contributed by atoms with Gasteiger partial charge in [-0.25, -0.2) is 0 Å². The number of aliphatic hydroxyl groups is 1. The van der Waals surface area contributed by atoms with Crippen molar-refractivity contribution in [3.8, 4) is 5.75 Å². The fourth-order valence-electron chi connectivity index (χ4n) is 2.24.